The van der Waals surface area contributed by atoms with Crippen molar-refractivity contribution in [3.63, 3.8) is 0 Å². The van der Waals surface area contributed by atoms with Crippen molar-refractivity contribution >= 4 is 16.7 Å². The Hall–Kier alpha value is -2.95. The molecule has 1 aliphatic carbocycles. The van der Waals surface area contributed by atoms with Gasteiger partial charge in [-0.05, 0) is 29.7 Å². The second kappa shape index (κ2) is 6.09. The Morgan fingerprint density at radius 3 is 2.50 bits per heavy atom. The quantitative estimate of drug-likeness (QED) is 0.528. The monoisotopic (exact) mass is 348 g/mol. The van der Waals surface area contributed by atoms with E-state index in [0.29, 0.717) is 0 Å². The third kappa shape index (κ3) is 2.43. The Kier molecular flexibility index (Phi) is 3.87. The summed E-state index contributed by atoms with van der Waals surface area (Å²) in [7, 11) is 1.96. The fourth-order valence-electron chi connectivity index (χ4n) is 4.50. The van der Waals surface area contributed by atoms with Crippen LogP contribution in [0.1, 0.15) is 41.9 Å². The molecule has 132 valence electrons. The number of carbonyl (C=O) groups excluding carboxylic acids is 1. The maximum absolute atomic E-state index is 12.2. The van der Waals surface area contributed by atoms with Crippen molar-refractivity contribution in [3.05, 3.63) is 81.5 Å². The smallest absolute Gasteiger partial charge is 0.231 e. The third-order valence-electron chi connectivity index (χ3n) is 5.47. The van der Waals surface area contributed by atoms with Gasteiger partial charge in [0.1, 0.15) is 5.78 Å². The highest BCUT2D eigenvalue weighted by Gasteiger charge is 2.47. The molecular formula is C21H20N2O3. The number of rotatable bonds is 4. The first kappa shape index (κ1) is 16.5. The van der Waals surface area contributed by atoms with E-state index in [1.54, 1.807) is 0 Å². The number of nitro groups is 1. The Balaban J connectivity index is 2.05. The van der Waals surface area contributed by atoms with E-state index in [2.05, 4.69) is 0 Å². The Morgan fingerprint density at radius 1 is 1.12 bits per heavy atom. The maximum Gasteiger partial charge on any atom is 0.231 e. The van der Waals surface area contributed by atoms with Crippen molar-refractivity contribution < 1.29 is 9.72 Å². The molecule has 0 spiro atoms. The average Bonchev–Trinajstić information content (AvgIpc) is 2.95. The van der Waals surface area contributed by atoms with Crippen LogP contribution in [0.5, 0.6) is 0 Å². The molecule has 0 fully saturated rings. The minimum absolute atomic E-state index is 0.0231. The summed E-state index contributed by atoms with van der Waals surface area (Å²) in [6, 6.07) is 14.7. The molecule has 26 heavy (non-hydrogen) atoms. The van der Waals surface area contributed by atoms with Gasteiger partial charge in [-0.3, -0.25) is 10.1 Å². The van der Waals surface area contributed by atoms with E-state index in [-0.39, 0.29) is 23.0 Å². The first-order valence-corrected chi connectivity index (χ1v) is 8.74. The van der Waals surface area contributed by atoms with Crippen LogP contribution >= 0.6 is 0 Å². The first-order valence-electron chi connectivity index (χ1n) is 8.74. The third-order valence-corrected chi connectivity index (χ3v) is 5.47. The van der Waals surface area contributed by atoms with Gasteiger partial charge < -0.3 is 9.36 Å². The van der Waals surface area contributed by atoms with E-state index in [4.69, 9.17) is 0 Å². The SMILES string of the molecule is CC(=O)C[C@H]1c2cccc3c2c(cn3C)[C@@H](c2ccccc2)[C@@H]1[N+](=O)[O-]. The number of hydrogen-bond donors (Lipinski definition) is 0. The zero-order chi connectivity index (χ0) is 18.4. The molecule has 5 heteroatoms. The van der Waals surface area contributed by atoms with Crippen LogP contribution in [0, 0.1) is 10.1 Å². The zero-order valence-corrected chi connectivity index (χ0v) is 14.8. The fourth-order valence-corrected chi connectivity index (χ4v) is 4.50. The van der Waals surface area contributed by atoms with E-state index < -0.39 is 12.0 Å². The van der Waals surface area contributed by atoms with Gasteiger partial charge in [0.2, 0.25) is 6.04 Å². The molecule has 0 N–H and O–H groups in total. The highest BCUT2D eigenvalue weighted by atomic mass is 16.6. The summed E-state index contributed by atoms with van der Waals surface area (Å²) in [6.45, 7) is 1.51. The van der Waals surface area contributed by atoms with Crippen LogP contribution in [0.4, 0.5) is 0 Å². The second-order valence-electron chi connectivity index (χ2n) is 7.11. The van der Waals surface area contributed by atoms with Gasteiger partial charge in [-0.25, -0.2) is 0 Å². The van der Waals surface area contributed by atoms with Gasteiger partial charge in [-0.15, -0.1) is 0 Å². The normalized spacial score (nSPS) is 21.7. The molecule has 1 aromatic heterocycles. The predicted octanol–water partition coefficient (Wildman–Crippen LogP) is 4.03. The van der Waals surface area contributed by atoms with Crippen molar-refractivity contribution in [1.82, 2.24) is 4.57 Å². The van der Waals surface area contributed by atoms with Gasteiger partial charge in [0, 0.05) is 35.5 Å². The summed E-state index contributed by atoms with van der Waals surface area (Å²) in [4.78, 5) is 23.9. The number of ketones is 1. The van der Waals surface area contributed by atoms with Gasteiger partial charge >= 0.3 is 0 Å². The van der Waals surface area contributed by atoms with Crippen LogP contribution in [-0.4, -0.2) is 21.3 Å². The molecule has 5 nitrogen and oxygen atoms in total. The molecule has 3 atom stereocenters. The van der Waals surface area contributed by atoms with Crippen LogP contribution < -0.4 is 0 Å². The van der Waals surface area contributed by atoms with Crippen LogP contribution in [0.2, 0.25) is 0 Å². The van der Waals surface area contributed by atoms with Gasteiger partial charge in [0.25, 0.3) is 0 Å². The van der Waals surface area contributed by atoms with Gasteiger partial charge in [-0.2, -0.15) is 0 Å². The lowest BCUT2D eigenvalue weighted by Crippen LogP contribution is -2.38. The summed E-state index contributed by atoms with van der Waals surface area (Å²) in [6.07, 6.45) is 2.19. The topological polar surface area (TPSA) is 65.1 Å². The number of hydrogen-bond acceptors (Lipinski definition) is 3. The van der Waals surface area contributed by atoms with Crippen molar-refractivity contribution in [1.29, 1.82) is 0 Å². The van der Waals surface area contributed by atoms with Crippen LogP contribution in [-0.2, 0) is 11.8 Å². The second-order valence-corrected chi connectivity index (χ2v) is 7.11. The lowest BCUT2D eigenvalue weighted by molar-refractivity contribution is -0.529. The van der Waals surface area contributed by atoms with Crippen LogP contribution in [0.3, 0.4) is 0 Å². The molecule has 0 amide bonds. The van der Waals surface area contributed by atoms with Crippen LogP contribution in [0.25, 0.3) is 10.9 Å². The van der Waals surface area contributed by atoms with Gasteiger partial charge in [0.05, 0.1) is 11.8 Å². The highest BCUT2D eigenvalue weighted by molar-refractivity contribution is 5.91. The lowest BCUT2D eigenvalue weighted by Gasteiger charge is -2.32. The van der Waals surface area contributed by atoms with E-state index >= 15 is 0 Å². The summed E-state index contributed by atoms with van der Waals surface area (Å²) in [5.41, 5.74) is 3.87. The summed E-state index contributed by atoms with van der Waals surface area (Å²) in [5, 5.41) is 13.2. The van der Waals surface area contributed by atoms with E-state index in [0.717, 1.165) is 27.6 Å². The molecule has 0 unspecified atom stereocenters. The molecule has 1 aliphatic rings. The fraction of sp³-hybridized carbons (Fsp3) is 0.286. The standard InChI is InChI=1S/C21H20N2O3/c1-13(24)11-16-15-9-6-10-18-20(15)17(12-22(18)2)19(21(16)23(25)26)14-7-4-3-5-8-14/h3-10,12,16,19,21H,11H2,1-2H3/t16-,19+,21+/m0/s1. The van der Waals surface area contributed by atoms with Crippen LogP contribution in [0.15, 0.2) is 54.7 Å². The van der Waals surface area contributed by atoms with E-state index in [9.17, 15) is 14.9 Å². The minimum atomic E-state index is -0.859. The molecule has 0 aliphatic heterocycles. The molecule has 2 aromatic carbocycles. The average molecular weight is 348 g/mol. The lowest BCUT2D eigenvalue weighted by atomic mass is 9.70. The molecule has 0 radical (unpaired) electrons. The Labute approximate surface area is 151 Å². The largest absolute Gasteiger partial charge is 0.350 e. The molecule has 1 heterocycles. The summed E-state index contributed by atoms with van der Waals surface area (Å²) >= 11 is 0. The molecule has 3 aromatic rings. The highest BCUT2D eigenvalue weighted by Crippen LogP contribution is 2.48. The van der Waals surface area contributed by atoms with Crippen molar-refractivity contribution in [2.45, 2.75) is 31.2 Å². The van der Waals surface area contributed by atoms with Crippen molar-refractivity contribution in [3.8, 4) is 0 Å². The number of aryl methyl sites for hydroxylation is 1. The van der Waals surface area contributed by atoms with Crippen molar-refractivity contribution in [2.24, 2.45) is 7.05 Å². The number of carbonyl (C=O) groups is 1. The Bertz CT molecular complexity index is 1010. The molecule has 0 saturated heterocycles. The number of aromatic nitrogens is 1. The predicted molar refractivity (Wildman–Crippen MR) is 100 cm³/mol. The summed E-state index contributed by atoms with van der Waals surface area (Å²) in [5.74, 6) is -0.814. The molecule has 0 saturated carbocycles. The van der Waals surface area contributed by atoms with Gasteiger partial charge in [0.15, 0.2) is 0 Å². The van der Waals surface area contributed by atoms with E-state index in [1.165, 1.54) is 6.92 Å². The zero-order valence-electron chi connectivity index (χ0n) is 14.8. The number of benzene rings is 2. The minimum Gasteiger partial charge on any atom is -0.350 e. The van der Waals surface area contributed by atoms with Gasteiger partial charge in [-0.1, -0.05) is 42.5 Å². The Morgan fingerprint density at radius 2 is 1.85 bits per heavy atom. The molecule has 0 bridgehead atoms. The molecule has 4 rings (SSSR count). The molecular weight excluding hydrogens is 328 g/mol. The summed E-state index contributed by atoms with van der Waals surface area (Å²) < 4.78 is 2.03. The maximum atomic E-state index is 12.2. The number of Topliss-reactive ketones (excluding diaryl/α,β-unsaturated/α-hetero) is 1. The first-order chi connectivity index (χ1) is 12.5. The van der Waals surface area contributed by atoms with Crippen molar-refractivity contribution in [2.75, 3.05) is 0 Å². The number of nitrogens with zero attached hydrogens (tertiary/aromatic N) is 2. The van der Waals surface area contributed by atoms with E-state index in [1.807, 2.05) is 66.3 Å².